The first-order valence-electron chi connectivity index (χ1n) is 8.14. The Bertz CT molecular complexity index is 1120. The minimum atomic E-state index is -0.792. The molecule has 0 radical (unpaired) electrons. The van der Waals surface area contributed by atoms with Gasteiger partial charge in [0.05, 0.1) is 5.56 Å². The van der Waals surface area contributed by atoms with Crippen LogP contribution in [-0.4, -0.2) is 31.1 Å². The van der Waals surface area contributed by atoms with E-state index in [-0.39, 0.29) is 5.82 Å². The third-order valence-electron chi connectivity index (χ3n) is 4.16. The Hall–Kier alpha value is -3.81. The quantitative estimate of drug-likeness (QED) is 0.436. The van der Waals surface area contributed by atoms with Crippen LogP contribution in [0.4, 0.5) is 4.39 Å². The number of Topliss-reactive ketones (excluding diaryl/α,β-unsaturated/α-hetero) is 1. The second kappa shape index (κ2) is 6.83. The van der Waals surface area contributed by atoms with Gasteiger partial charge in [0.25, 0.3) is 5.78 Å². The molecule has 0 saturated carbocycles. The van der Waals surface area contributed by atoms with Gasteiger partial charge in [0.2, 0.25) is 0 Å². The number of rotatable bonds is 5. The number of halogens is 1. The number of fused-ring (bicyclic) bond motifs is 1. The number of carbonyl (C=O) groups excluding carboxylic acids is 2. The lowest BCUT2D eigenvalue weighted by atomic mass is 10.1. The number of carbonyl (C=O) groups is 2. The third-order valence-corrected chi connectivity index (χ3v) is 4.16. The minimum Gasteiger partial charge on any atom is -0.342 e. The van der Waals surface area contributed by atoms with Crippen molar-refractivity contribution in [1.82, 2.24) is 19.4 Å². The maximum Gasteiger partial charge on any atom is 0.311 e. The first-order valence-corrected chi connectivity index (χ1v) is 8.14. The standard InChI is InChI=1S/C19H14FN5O2/c20-14-7-5-13(6-8-14)9-24-10-16(15-3-1-2-4-17(15)24)18(26)19(27)23-25-11-21-22-12-25/h1-8,10-12H,9H2,(H,23,27). The van der Waals surface area contributed by atoms with Gasteiger partial charge < -0.3 is 4.57 Å². The molecular formula is C19H14FN5O2. The molecule has 0 aliphatic rings. The maximum atomic E-state index is 13.1. The van der Waals surface area contributed by atoms with Gasteiger partial charge in [0.1, 0.15) is 18.5 Å². The third kappa shape index (κ3) is 3.32. The van der Waals surface area contributed by atoms with Crippen LogP contribution in [0.1, 0.15) is 15.9 Å². The average Bonchev–Trinajstić information content (AvgIpc) is 3.31. The predicted molar refractivity (Wildman–Crippen MR) is 96.2 cm³/mol. The van der Waals surface area contributed by atoms with E-state index in [1.807, 2.05) is 16.7 Å². The first kappa shape index (κ1) is 16.6. The van der Waals surface area contributed by atoms with Crippen molar-refractivity contribution in [2.75, 3.05) is 5.43 Å². The summed E-state index contributed by atoms with van der Waals surface area (Å²) in [6.07, 6.45) is 4.20. The number of benzene rings is 2. The molecule has 0 saturated heterocycles. The monoisotopic (exact) mass is 363 g/mol. The van der Waals surface area contributed by atoms with E-state index >= 15 is 0 Å². The summed E-state index contributed by atoms with van der Waals surface area (Å²) in [6, 6.07) is 13.5. The summed E-state index contributed by atoms with van der Waals surface area (Å²) < 4.78 is 16.2. The van der Waals surface area contributed by atoms with Crippen LogP contribution in [0, 0.1) is 5.82 Å². The Kier molecular flexibility index (Phi) is 4.21. The summed E-state index contributed by atoms with van der Waals surface area (Å²) in [7, 11) is 0. The molecule has 2 aromatic carbocycles. The lowest BCUT2D eigenvalue weighted by Crippen LogP contribution is -2.29. The van der Waals surface area contributed by atoms with Crippen LogP contribution in [0.3, 0.4) is 0 Å². The highest BCUT2D eigenvalue weighted by molar-refractivity contribution is 6.47. The zero-order valence-corrected chi connectivity index (χ0v) is 14.0. The van der Waals surface area contributed by atoms with E-state index in [0.29, 0.717) is 17.5 Å². The number of para-hydroxylation sites is 1. The molecule has 2 heterocycles. The van der Waals surface area contributed by atoms with Crippen LogP contribution in [0.2, 0.25) is 0 Å². The second-order valence-corrected chi connectivity index (χ2v) is 5.95. The van der Waals surface area contributed by atoms with Crippen molar-refractivity contribution < 1.29 is 14.0 Å². The largest absolute Gasteiger partial charge is 0.342 e. The van der Waals surface area contributed by atoms with E-state index in [9.17, 15) is 14.0 Å². The summed E-state index contributed by atoms with van der Waals surface area (Å²) in [5.41, 5.74) is 4.38. The van der Waals surface area contributed by atoms with Gasteiger partial charge in [0.15, 0.2) is 0 Å². The normalized spacial score (nSPS) is 10.9. The molecule has 0 spiro atoms. The lowest BCUT2D eigenvalue weighted by Gasteiger charge is -2.05. The fraction of sp³-hybridized carbons (Fsp3) is 0.0526. The molecule has 8 heteroatoms. The molecule has 7 nitrogen and oxygen atoms in total. The molecular weight excluding hydrogens is 349 g/mol. The van der Waals surface area contributed by atoms with E-state index in [1.165, 1.54) is 29.5 Å². The SMILES string of the molecule is O=C(Nn1cnnc1)C(=O)c1cn(Cc2ccc(F)cc2)c2ccccc12. The Labute approximate surface area is 153 Å². The summed E-state index contributed by atoms with van der Waals surface area (Å²) in [6.45, 7) is 0.446. The van der Waals surface area contributed by atoms with E-state index < -0.39 is 11.7 Å². The van der Waals surface area contributed by atoms with E-state index in [0.717, 1.165) is 11.1 Å². The molecule has 27 heavy (non-hydrogen) atoms. The molecule has 0 bridgehead atoms. The zero-order valence-electron chi connectivity index (χ0n) is 14.0. The molecule has 1 amide bonds. The molecule has 0 fully saturated rings. The molecule has 0 aliphatic carbocycles. The van der Waals surface area contributed by atoms with Crippen molar-refractivity contribution in [3.63, 3.8) is 0 Å². The molecule has 0 atom stereocenters. The number of hydrogen-bond acceptors (Lipinski definition) is 4. The number of nitrogens with zero attached hydrogens (tertiary/aromatic N) is 4. The second-order valence-electron chi connectivity index (χ2n) is 5.95. The highest BCUT2D eigenvalue weighted by Gasteiger charge is 2.22. The Morgan fingerprint density at radius 2 is 1.70 bits per heavy atom. The van der Waals surface area contributed by atoms with Crippen molar-refractivity contribution in [3.8, 4) is 0 Å². The van der Waals surface area contributed by atoms with Gasteiger partial charge in [-0.3, -0.25) is 15.0 Å². The van der Waals surface area contributed by atoms with Crippen LogP contribution >= 0.6 is 0 Å². The minimum absolute atomic E-state index is 0.290. The topological polar surface area (TPSA) is 81.8 Å². The summed E-state index contributed by atoms with van der Waals surface area (Å²) >= 11 is 0. The summed E-state index contributed by atoms with van der Waals surface area (Å²) in [5, 5.41) is 7.81. The predicted octanol–water partition coefficient (Wildman–Crippen LogP) is 2.37. The zero-order chi connectivity index (χ0) is 18.8. The summed E-state index contributed by atoms with van der Waals surface area (Å²) in [4.78, 5) is 24.9. The van der Waals surface area contributed by atoms with E-state index in [4.69, 9.17) is 0 Å². The van der Waals surface area contributed by atoms with Crippen molar-refractivity contribution in [3.05, 3.63) is 84.3 Å². The van der Waals surface area contributed by atoms with Crippen molar-refractivity contribution in [2.24, 2.45) is 0 Å². The number of amides is 1. The lowest BCUT2D eigenvalue weighted by molar-refractivity contribution is -0.113. The first-order chi connectivity index (χ1) is 13.1. The van der Waals surface area contributed by atoms with E-state index in [1.54, 1.807) is 30.5 Å². The smallest absolute Gasteiger partial charge is 0.311 e. The molecule has 0 aliphatic heterocycles. The number of ketones is 1. The molecule has 1 N–H and O–H groups in total. The molecule has 4 aromatic rings. The average molecular weight is 363 g/mol. The Morgan fingerprint density at radius 3 is 2.44 bits per heavy atom. The van der Waals surface area contributed by atoms with Crippen LogP contribution < -0.4 is 5.43 Å². The number of hydrogen-bond donors (Lipinski definition) is 1. The molecule has 2 aromatic heterocycles. The fourth-order valence-corrected chi connectivity index (χ4v) is 2.89. The van der Waals surface area contributed by atoms with Gasteiger partial charge >= 0.3 is 5.91 Å². The Balaban J connectivity index is 1.67. The van der Waals surface area contributed by atoms with Crippen LogP contribution in [0.5, 0.6) is 0 Å². The van der Waals surface area contributed by atoms with Crippen LogP contribution in [0.25, 0.3) is 10.9 Å². The highest BCUT2D eigenvalue weighted by atomic mass is 19.1. The van der Waals surface area contributed by atoms with Crippen molar-refractivity contribution in [2.45, 2.75) is 6.54 Å². The number of aromatic nitrogens is 4. The Morgan fingerprint density at radius 1 is 1.00 bits per heavy atom. The van der Waals surface area contributed by atoms with Crippen LogP contribution in [0.15, 0.2) is 67.4 Å². The fourth-order valence-electron chi connectivity index (χ4n) is 2.89. The number of nitrogens with one attached hydrogen (secondary N) is 1. The van der Waals surface area contributed by atoms with Gasteiger partial charge in [-0.15, -0.1) is 10.2 Å². The van der Waals surface area contributed by atoms with Crippen molar-refractivity contribution >= 4 is 22.6 Å². The maximum absolute atomic E-state index is 13.1. The van der Waals surface area contributed by atoms with Gasteiger partial charge in [-0.25, -0.2) is 9.07 Å². The van der Waals surface area contributed by atoms with Gasteiger partial charge in [-0.05, 0) is 23.8 Å². The summed E-state index contributed by atoms with van der Waals surface area (Å²) in [5.74, 6) is -1.77. The molecule has 134 valence electrons. The van der Waals surface area contributed by atoms with Crippen LogP contribution in [-0.2, 0) is 11.3 Å². The highest BCUT2D eigenvalue weighted by Crippen LogP contribution is 2.23. The van der Waals surface area contributed by atoms with Gasteiger partial charge in [0, 0.05) is 23.6 Å². The van der Waals surface area contributed by atoms with Crippen molar-refractivity contribution in [1.29, 1.82) is 0 Å². The van der Waals surface area contributed by atoms with E-state index in [2.05, 4.69) is 15.6 Å². The van der Waals surface area contributed by atoms with Gasteiger partial charge in [-0.2, -0.15) is 0 Å². The van der Waals surface area contributed by atoms with Gasteiger partial charge in [-0.1, -0.05) is 30.3 Å². The molecule has 4 rings (SSSR count). The molecule has 0 unspecified atom stereocenters.